The predicted octanol–water partition coefficient (Wildman–Crippen LogP) is 1.50. The van der Waals surface area contributed by atoms with E-state index in [1.807, 2.05) is 43.4 Å². The molecular formula is C23H26N4O3. The molecule has 0 bridgehead atoms. The zero-order valence-electron chi connectivity index (χ0n) is 17.0. The molecular weight excluding hydrogens is 380 g/mol. The van der Waals surface area contributed by atoms with Crippen LogP contribution in [0.15, 0.2) is 48.5 Å². The van der Waals surface area contributed by atoms with E-state index >= 15 is 0 Å². The van der Waals surface area contributed by atoms with Crippen molar-refractivity contribution in [3.8, 4) is 0 Å². The summed E-state index contributed by atoms with van der Waals surface area (Å²) >= 11 is 0. The van der Waals surface area contributed by atoms with Gasteiger partial charge in [0.25, 0.3) is 5.91 Å². The van der Waals surface area contributed by atoms with E-state index < -0.39 is 6.04 Å². The van der Waals surface area contributed by atoms with Crippen LogP contribution in [0.5, 0.6) is 0 Å². The van der Waals surface area contributed by atoms with Crippen molar-refractivity contribution in [1.29, 1.82) is 0 Å². The van der Waals surface area contributed by atoms with Crippen LogP contribution in [-0.4, -0.2) is 42.3 Å². The van der Waals surface area contributed by atoms with Gasteiger partial charge in [-0.15, -0.1) is 0 Å². The van der Waals surface area contributed by atoms with Crippen molar-refractivity contribution < 1.29 is 14.4 Å². The molecule has 2 aromatic carbocycles. The van der Waals surface area contributed by atoms with Gasteiger partial charge in [0.2, 0.25) is 11.8 Å². The lowest BCUT2D eigenvalue weighted by Crippen LogP contribution is -2.52. The summed E-state index contributed by atoms with van der Waals surface area (Å²) in [6.07, 6.45) is 0.634. The summed E-state index contributed by atoms with van der Waals surface area (Å²) in [6, 6.07) is 15.6. The molecule has 0 spiro atoms. The SMILES string of the molecule is CNC(CNCc1cccc2c1CN(C1CCC(=O)NC1=O)C2=O)c1ccccc1. The molecule has 4 rings (SSSR count). The topological polar surface area (TPSA) is 90.5 Å². The number of benzene rings is 2. The summed E-state index contributed by atoms with van der Waals surface area (Å²) in [6.45, 7) is 1.77. The number of nitrogens with one attached hydrogen (secondary N) is 3. The zero-order valence-corrected chi connectivity index (χ0v) is 17.0. The van der Waals surface area contributed by atoms with E-state index in [2.05, 4.69) is 28.1 Å². The summed E-state index contributed by atoms with van der Waals surface area (Å²) in [5.74, 6) is -0.798. The number of amides is 3. The van der Waals surface area contributed by atoms with Crippen LogP contribution < -0.4 is 16.0 Å². The van der Waals surface area contributed by atoms with Crippen molar-refractivity contribution in [3.63, 3.8) is 0 Å². The van der Waals surface area contributed by atoms with Gasteiger partial charge in [0.1, 0.15) is 6.04 Å². The van der Waals surface area contributed by atoms with Gasteiger partial charge in [0.05, 0.1) is 0 Å². The van der Waals surface area contributed by atoms with Crippen LogP contribution in [0.25, 0.3) is 0 Å². The maximum Gasteiger partial charge on any atom is 0.255 e. The molecule has 2 aromatic rings. The Hall–Kier alpha value is -3.03. The number of carbonyl (C=O) groups excluding carboxylic acids is 3. The molecule has 0 saturated carbocycles. The van der Waals surface area contributed by atoms with Crippen LogP contribution >= 0.6 is 0 Å². The van der Waals surface area contributed by atoms with Gasteiger partial charge < -0.3 is 15.5 Å². The van der Waals surface area contributed by atoms with Crippen molar-refractivity contribution in [3.05, 3.63) is 70.8 Å². The molecule has 30 heavy (non-hydrogen) atoms. The van der Waals surface area contributed by atoms with Crippen molar-refractivity contribution in [2.75, 3.05) is 13.6 Å². The molecule has 0 aromatic heterocycles. The maximum atomic E-state index is 12.9. The van der Waals surface area contributed by atoms with Gasteiger partial charge in [-0.1, -0.05) is 42.5 Å². The fourth-order valence-corrected chi connectivity index (χ4v) is 4.24. The Morgan fingerprint density at radius 1 is 1.10 bits per heavy atom. The first-order valence-corrected chi connectivity index (χ1v) is 10.3. The first-order chi connectivity index (χ1) is 14.6. The minimum absolute atomic E-state index is 0.140. The average molecular weight is 406 g/mol. The average Bonchev–Trinajstić information content (AvgIpc) is 3.09. The molecule has 2 aliphatic rings. The van der Waals surface area contributed by atoms with Crippen LogP contribution in [0.3, 0.4) is 0 Å². The second-order valence-electron chi connectivity index (χ2n) is 7.73. The smallest absolute Gasteiger partial charge is 0.255 e. The minimum Gasteiger partial charge on any atom is -0.322 e. The summed E-state index contributed by atoms with van der Waals surface area (Å²) in [5, 5.41) is 9.16. The normalized spacial score (nSPS) is 19.6. The highest BCUT2D eigenvalue weighted by molar-refractivity contribution is 6.05. The quantitative estimate of drug-likeness (QED) is 0.607. The largest absolute Gasteiger partial charge is 0.322 e. The fraction of sp³-hybridized carbons (Fsp3) is 0.348. The molecule has 0 aliphatic carbocycles. The molecule has 2 heterocycles. The number of imide groups is 1. The third-order valence-corrected chi connectivity index (χ3v) is 5.89. The fourth-order valence-electron chi connectivity index (χ4n) is 4.24. The van der Waals surface area contributed by atoms with Crippen molar-refractivity contribution in [2.45, 2.75) is 38.0 Å². The summed E-state index contributed by atoms with van der Waals surface area (Å²) in [4.78, 5) is 38.2. The van der Waals surface area contributed by atoms with E-state index in [0.29, 0.717) is 25.1 Å². The summed E-state index contributed by atoms with van der Waals surface area (Å²) in [7, 11) is 1.94. The van der Waals surface area contributed by atoms with E-state index in [1.54, 1.807) is 4.90 Å². The first kappa shape index (κ1) is 20.3. The molecule has 2 atom stereocenters. The van der Waals surface area contributed by atoms with Gasteiger partial charge >= 0.3 is 0 Å². The number of hydrogen-bond acceptors (Lipinski definition) is 5. The molecule has 3 amide bonds. The lowest BCUT2D eigenvalue weighted by molar-refractivity contribution is -0.136. The third kappa shape index (κ3) is 3.99. The Morgan fingerprint density at radius 2 is 1.90 bits per heavy atom. The Bertz CT molecular complexity index is 960. The van der Waals surface area contributed by atoms with Crippen molar-refractivity contribution >= 4 is 17.7 Å². The predicted molar refractivity (Wildman–Crippen MR) is 112 cm³/mol. The summed E-state index contributed by atoms with van der Waals surface area (Å²) < 4.78 is 0. The molecule has 7 nitrogen and oxygen atoms in total. The standard InChI is InChI=1S/C23H26N4O3/c1-24-19(15-6-3-2-4-7-15)13-25-12-16-8-5-9-17-18(16)14-27(23(17)30)20-10-11-21(28)26-22(20)29/h2-9,19-20,24-25H,10-14H2,1H3,(H,26,28,29). The zero-order chi connectivity index (χ0) is 21.1. The second-order valence-corrected chi connectivity index (χ2v) is 7.73. The van der Waals surface area contributed by atoms with Gasteiger partial charge in [-0.3, -0.25) is 19.7 Å². The number of nitrogens with zero attached hydrogens (tertiary/aromatic N) is 1. The highest BCUT2D eigenvalue weighted by Crippen LogP contribution is 2.29. The number of fused-ring (bicyclic) bond motifs is 1. The Morgan fingerprint density at radius 3 is 2.63 bits per heavy atom. The van der Waals surface area contributed by atoms with E-state index in [9.17, 15) is 14.4 Å². The van der Waals surface area contributed by atoms with Gasteiger partial charge in [-0.25, -0.2) is 0 Å². The number of hydrogen-bond donors (Lipinski definition) is 3. The number of piperidine rings is 1. The number of rotatable bonds is 7. The van der Waals surface area contributed by atoms with E-state index in [0.717, 1.165) is 17.7 Å². The molecule has 0 radical (unpaired) electrons. The van der Waals surface area contributed by atoms with Gasteiger partial charge in [0.15, 0.2) is 0 Å². The Kier molecular flexibility index (Phi) is 5.92. The number of likely N-dealkylation sites (N-methyl/N-ethyl adjacent to an activating group) is 1. The lowest BCUT2D eigenvalue weighted by atomic mass is 10.0. The maximum absolute atomic E-state index is 12.9. The van der Waals surface area contributed by atoms with Crippen molar-refractivity contribution in [2.24, 2.45) is 0 Å². The Balaban J connectivity index is 1.44. The summed E-state index contributed by atoms with van der Waals surface area (Å²) in [5.41, 5.74) is 3.87. The molecule has 156 valence electrons. The lowest BCUT2D eigenvalue weighted by Gasteiger charge is -2.29. The van der Waals surface area contributed by atoms with Crippen LogP contribution in [0.4, 0.5) is 0 Å². The molecule has 1 fully saturated rings. The monoisotopic (exact) mass is 406 g/mol. The third-order valence-electron chi connectivity index (χ3n) is 5.89. The van der Waals surface area contributed by atoms with E-state index in [-0.39, 0.29) is 30.2 Å². The highest BCUT2D eigenvalue weighted by Gasteiger charge is 2.39. The van der Waals surface area contributed by atoms with Crippen molar-refractivity contribution in [1.82, 2.24) is 20.9 Å². The Labute approximate surface area is 175 Å². The molecule has 1 saturated heterocycles. The van der Waals surface area contributed by atoms with Gasteiger partial charge in [-0.2, -0.15) is 0 Å². The number of carbonyl (C=O) groups is 3. The second kappa shape index (κ2) is 8.77. The molecule has 2 unspecified atom stereocenters. The first-order valence-electron chi connectivity index (χ1n) is 10.3. The minimum atomic E-state index is -0.588. The molecule has 3 N–H and O–H groups in total. The van der Waals surface area contributed by atoms with E-state index in [4.69, 9.17) is 0 Å². The van der Waals surface area contributed by atoms with Crippen LogP contribution in [0.1, 0.15) is 45.9 Å². The van der Waals surface area contributed by atoms with Gasteiger partial charge in [-0.05, 0) is 36.2 Å². The molecule has 2 aliphatic heterocycles. The van der Waals surface area contributed by atoms with Crippen LogP contribution in [0, 0.1) is 0 Å². The van der Waals surface area contributed by atoms with Gasteiger partial charge in [0, 0.05) is 37.7 Å². The van der Waals surface area contributed by atoms with Crippen LogP contribution in [0.2, 0.25) is 0 Å². The highest BCUT2D eigenvalue weighted by atomic mass is 16.2. The van der Waals surface area contributed by atoms with E-state index in [1.165, 1.54) is 5.56 Å². The molecule has 7 heteroatoms. The van der Waals surface area contributed by atoms with Crippen LogP contribution in [-0.2, 0) is 22.7 Å².